The van der Waals surface area contributed by atoms with Gasteiger partial charge in [0.15, 0.2) is 0 Å². The van der Waals surface area contributed by atoms with E-state index in [2.05, 4.69) is 57.9 Å². The van der Waals surface area contributed by atoms with Crippen LogP contribution < -0.4 is 11.1 Å². The van der Waals surface area contributed by atoms with Gasteiger partial charge >= 0.3 is 0 Å². The van der Waals surface area contributed by atoms with Gasteiger partial charge in [0.05, 0.1) is 5.54 Å². The maximum atomic E-state index is 6.01. The van der Waals surface area contributed by atoms with Crippen LogP contribution in [0.3, 0.4) is 0 Å². The number of nitrogens with two attached hydrogens (primary N) is 1. The molecule has 0 spiro atoms. The number of unbranched alkanes of at least 4 members (excludes halogenated alkanes) is 9. The first kappa shape index (κ1) is 20.9. The summed E-state index contributed by atoms with van der Waals surface area (Å²) in [5.74, 6) is 0. The Morgan fingerprint density at radius 3 is 1.60 bits per heavy atom. The normalized spacial score (nSPS) is 12.9. The third kappa shape index (κ3) is 10.6. The first-order valence-electron chi connectivity index (χ1n) is 8.23. The van der Waals surface area contributed by atoms with Crippen LogP contribution in [0.4, 0.5) is 0 Å². The maximum Gasteiger partial charge on any atom is 0.145 e. The largest absolute Gasteiger partial charge is 0.309 e. The van der Waals surface area contributed by atoms with Crippen molar-refractivity contribution in [3.05, 3.63) is 0 Å². The molecule has 0 saturated carbocycles. The van der Waals surface area contributed by atoms with Gasteiger partial charge in [-0.1, -0.05) is 96.6 Å². The van der Waals surface area contributed by atoms with Gasteiger partial charge in [-0.2, -0.15) is 0 Å². The van der Waals surface area contributed by atoms with Crippen LogP contribution in [-0.2, 0) is 0 Å². The van der Waals surface area contributed by atoms with Crippen molar-refractivity contribution in [1.82, 2.24) is 5.32 Å². The summed E-state index contributed by atoms with van der Waals surface area (Å²) in [5.41, 5.74) is 5.85. The average molecular weight is 414 g/mol. The molecule has 0 rings (SSSR count). The minimum Gasteiger partial charge on any atom is -0.309 e. The van der Waals surface area contributed by atoms with Crippen molar-refractivity contribution < 1.29 is 0 Å². The van der Waals surface area contributed by atoms with Crippen molar-refractivity contribution in [2.45, 2.75) is 93.9 Å². The molecule has 0 aliphatic carbocycles. The Morgan fingerprint density at radius 2 is 1.20 bits per heavy atom. The lowest BCUT2D eigenvalue weighted by molar-refractivity contribution is 0.362. The highest BCUT2D eigenvalue weighted by Crippen LogP contribution is 2.31. The highest BCUT2D eigenvalue weighted by Gasteiger charge is 2.36. The topological polar surface area (TPSA) is 38.0 Å². The Kier molecular flexibility index (Phi) is 12.0. The second kappa shape index (κ2) is 11.4. The Bertz CT molecular complexity index is 225. The summed E-state index contributed by atoms with van der Waals surface area (Å²) in [6.07, 6.45) is 13.8. The lowest BCUT2D eigenvalue weighted by Crippen LogP contribution is -2.57. The molecule has 0 saturated heterocycles. The van der Waals surface area contributed by atoms with Crippen molar-refractivity contribution in [3.8, 4) is 0 Å². The molecule has 3 N–H and O–H groups in total. The van der Waals surface area contributed by atoms with Gasteiger partial charge in [-0.25, -0.2) is 0 Å². The van der Waals surface area contributed by atoms with Gasteiger partial charge in [-0.15, -0.1) is 0 Å². The van der Waals surface area contributed by atoms with E-state index in [0.717, 1.165) is 6.54 Å². The van der Waals surface area contributed by atoms with Crippen LogP contribution >= 0.6 is 31.9 Å². The Labute approximate surface area is 143 Å². The standard InChI is InChI=1S/C16H34Br2N2/c1-4-5-6-7-8-9-10-11-12-13-14-20-15(2,3)16(17,18)19/h20H,4-14,19H2,1-3H3. The first-order valence-corrected chi connectivity index (χ1v) is 9.81. The van der Waals surface area contributed by atoms with Gasteiger partial charge in [0.1, 0.15) is 3.36 Å². The van der Waals surface area contributed by atoms with E-state index in [1.807, 2.05) is 0 Å². The summed E-state index contributed by atoms with van der Waals surface area (Å²) in [6, 6.07) is 0. The summed E-state index contributed by atoms with van der Waals surface area (Å²) in [7, 11) is 0. The van der Waals surface area contributed by atoms with Crippen LogP contribution in [0, 0.1) is 0 Å². The first-order chi connectivity index (χ1) is 9.31. The molecule has 20 heavy (non-hydrogen) atoms. The molecule has 0 unspecified atom stereocenters. The summed E-state index contributed by atoms with van der Waals surface area (Å²) < 4.78 is -0.550. The van der Waals surface area contributed by atoms with Gasteiger partial charge in [0.2, 0.25) is 0 Å². The van der Waals surface area contributed by atoms with E-state index >= 15 is 0 Å². The van der Waals surface area contributed by atoms with Gasteiger partial charge in [0, 0.05) is 0 Å². The zero-order valence-corrected chi connectivity index (χ0v) is 16.8. The fourth-order valence-corrected chi connectivity index (χ4v) is 2.41. The molecular formula is C16H34Br2N2. The van der Waals surface area contributed by atoms with Gasteiger partial charge in [0.25, 0.3) is 0 Å². The van der Waals surface area contributed by atoms with Gasteiger partial charge < -0.3 is 11.1 Å². The van der Waals surface area contributed by atoms with E-state index < -0.39 is 3.36 Å². The van der Waals surface area contributed by atoms with E-state index in [9.17, 15) is 0 Å². The zero-order chi connectivity index (χ0) is 15.5. The minimum absolute atomic E-state index is 0.160. The lowest BCUT2D eigenvalue weighted by atomic mass is 10.0. The molecule has 0 aromatic rings. The monoisotopic (exact) mass is 412 g/mol. The van der Waals surface area contributed by atoms with Crippen molar-refractivity contribution in [2.75, 3.05) is 6.54 Å². The number of rotatable bonds is 13. The summed E-state index contributed by atoms with van der Waals surface area (Å²) >= 11 is 6.92. The highest BCUT2D eigenvalue weighted by atomic mass is 79.9. The highest BCUT2D eigenvalue weighted by molar-refractivity contribution is 9.25. The smallest absolute Gasteiger partial charge is 0.145 e. The minimum atomic E-state index is -0.550. The fraction of sp³-hybridized carbons (Fsp3) is 1.00. The van der Waals surface area contributed by atoms with Gasteiger partial charge in [-0.05, 0) is 26.8 Å². The van der Waals surface area contributed by atoms with Crippen LogP contribution in [0.2, 0.25) is 0 Å². The number of nitrogens with one attached hydrogen (secondary N) is 1. The number of halogens is 2. The average Bonchev–Trinajstić information content (AvgIpc) is 2.34. The third-order valence-corrected chi connectivity index (χ3v) is 5.91. The molecule has 2 nitrogen and oxygen atoms in total. The van der Waals surface area contributed by atoms with Crippen molar-refractivity contribution in [2.24, 2.45) is 5.73 Å². The summed E-state index contributed by atoms with van der Waals surface area (Å²) in [5, 5.41) is 3.51. The fourth-order valence-electron chi connectivity index (χ4n) is 2.13. The van der Waals surface area contributed by atoms with Crippen LogP contribution in [0.5, 0.6) is 0 Å². The Hall–Kier alpha value is 0.880. The van der Waals surface area contributed by atoms with E-state index in [-0.39, 0.29) is 5.54 Å². The Morgan fingerprint density at radius 1 is 0.800 bits per heavy atom. The van der Waals surface area contributed by atoms with E-state index in [4.69, 9.17) is 5.73 Å². The molecule has 0 aromatic heterocycles. The van der Waals surface area contributed by atoms with Crippen LogP contribution in [0.15, 0.2) is 0 Å². The molecule has 0 radical (unpaired) electrons. The molecule has 122 valence electrons. The SMILES string of the molecule is CCCCCCCCCCCCNC(C)(C)C(N)(Br)Br. The quantitative estimate of drug-likeness (QED) is 0.231. The molecule has 0 aliphatic heterocycles. The molecule has 0 fully saturated rings. The van der Waals surface area contributed by atoms with E-state index in [1.165, 1.54) is 64.2 Å². The molecule has 0 heterocycles. The Balaban J connectivity index is 3.33. The maximum absolute atomic E-state index is 6.01. The number of alkyl halides is 2. The molecule has 4 heteroatoms. The van der Waals surface area contributed by atoms with Crippen molar-refractivity contribution in [1.29, 1.82) is 0 Å². The molecule has 0 aromatic carbocycles. The van der Waals surface area contributed by atoms with Crippen molar-refractivity contribution in [3.63, 3.8) is 0 Å². The summed E-state index contributed by atoms with van der Waals surface area (Å²) in [6.45, 7) is 7.51. The second-order valence-electron chi connectivity index (χ2n) is 6.36. The van der Waals surface area contributed by atoms with Gasteiger partial charge in [-0.3, -0.25) is 0 Å². The van der Waals surface area contributed by atoms with E-state index in [0.29, 0.717) is 0 Å². The van der Waals surface area contributed by atoms with E-state index in [1.54, 1.807) is 0 Å². The summed E-state index contributed by atoms with van der Waals surface area (Å²) in [4.78, 5) is 0. The van der Waals surface area contributed by atoms with Crippen molar-refractivity contribution >= 4 is 31.9 Å². The predicted octanol–water partition coefficient (Wildman–Crippen LogP) is 5.68. The lowest BCUT2D eigenvalue weighted by Gasteiger charge is -2.36. The molecule has 0 atom stereocenters. The number of hydrogen-bond acceptors (Lipinski definition) is 2. The second-order valence-corrected chi connectivity index (χ2v) is 9.92. The predicted molar refractivity (Wildman–Crippen MR) is 98.7 cm³/mol. The third-order valence-electron chi connectivity index (χ3n) is 3.93. The number of hydrogen-bond donors (Lipinski definition) is 2. The molecule has 0 aliphatic rings. The molecule has 0 amide bonds. The molecule has 0 bridgehead atoms. The van der Waals surface area contributed by atoms with Crippen LogP contribution in [0.1, 0.15) is 85.0 Å². The van der Waals surface area contributed by atoms with Crippen LogP contribution in [0.25, 0.3) is 0 Å². The molecular weight excluding hydrogens is 380 g/mol. The van der Waals surface area contributed by atoms with Crippen LogP contribution in [-0.4, -0.2) is 15.4 Å². The zero-order valence-electron chi connectivity index (χ0n) is 13.6.